The van der Waals surface area contributed by atoms with Crippen LogP contribution in [0.5, 0.6) is 5.75 Å². The largest absolute Gasteiger partial charge is 0.494 e. The van der Waals surface area contributed by atoms with Crippen molar-refractivity contribution in [3.05, 3.63) is 42.2 Å². The van der Waals surface area contributed by atoms with Gasteiger partial charge in [0.1, 0.15) is 5.75 Å². The van der Waals surface area contributed by atoms with E-state index in [9.17, 15) is 0 Å². The standard InChI is InChI=1S/C13H15N3OS/c1-3-17-12-6-4-11(5-7-12)15-13(18)16-9-10(2)8-14-16/h4-9H,3H2,1-2H3,(H,15,18). The summed E-state index contributed by atoms with van der Waals surface area (Å²) >= 11 is 5.26. The minimum Gasteiger partial charge on any atom is -0.494 e. The third-order valence-electron chi connectivity index (χ3n) is 2.34. The third-order valence-corrected chi connectivity index (χ3v) is 2.63. The summed E-state index contributed by atoms with van der Waals surface area (Å²) in [5, 5.41) is 7.81. The van der Waals surface area contributed by atoms with Crippen molar-refractivity contribution in [2.24, 2.45) is 0 Å². The summed E-state index contributed by atoms with van der Waals surface area (Å²) in [6.07, 6.45) is 3.65. The summed E-state index contributed by atoms with van der Waals surface area (Å²) in [7, 11) is 0. The highest BCUT2D eigenvalue weighted by atomic mass is 32.1. The normalized spacial score (nSPS) is 10.1. The molecule has 2 aromatic rings. The van der Waals surface area contributed by atoms with Crippen molar-refractivity contribution in [2.45, 2.75) is 13.8 Å². The van der Waals surface area contributed by atoms with Gasteiger partial charge in [0.05, 0.1) is 12.8 Å². The van der Waals surface area contributed by atoms with Crippen LogP contribution >= 0.6 is 12.2 Å². The Bertz CT molecular complexity index is 533. The van der Waals surface area contributed by atoms with Gasteiger partial charge < -0.3 is 10.1 Å². The Morgan fingerprint density at radius 3 is 2.67 bits per heavy atom. The topological polar surface area (TPSA) is 39.1 Å². The van der Waals surface area contributed by atoms with Crippen LogP contribution in [0.15, 0.2) is 36.7 Å². The van der Waals surface area contributed by atoms with Gasteiger partial charge in [-0.15, -0.1) is 0 Å². The zero-order valence-electron chi connectivity index (χ0n) is 10.4. The Labute approximate surface area is 112 Å². The van der Waals surface area contributed by atoms with Crippen molar-refractivity contribution in [3.8, 4) is 5.75 Å². The number of nitrogens with zero attached hydrogens (tertiary/aromatic N) is 2. The molecule has 0 aliphatic heterocycles. The fourth-order valence-corrected chi connectivity index (χ4v) is 1.72. The Balaban J connectivity index is 2.03. The molecule has 0 atom stereocenters. The van der Waals surface area contributed by atoms with E-state index in [0.717, 1.165) is 17.0 Å². The Morgan fingerprint density at radius 2 is 2.11 bits per heavy atom. The molecule has 2 rings (SSSR count). The number of hydrogen-bond donors (Lipinski definition) is 1. The highest BCUT2D eigenvalue weighted by molar-refractivity contribution is 7.80. The lowest BCUT2D eigenvalue weighted by atomic mass is 10.3. The van der Waals surface area contributed by atoms with E-state index in [1.165, 1.54) is 0 Å². The van der Waals surface area contributed by atoms with Gasteiger partial charge in [0.2, 0.25) is 0 Å². The molecule has 1 N–H and O–H groups in total. The smallest absolute Gasteiger partial charge is 0.198 e. The summed E-state index contributed by atoms with van der Waals surface area (Å²) in [6, 6.07) is 7.66. The van der Waals surface area contributed by atoms with Gasteiger partial charge in [0, 0.05) is 11.9 Å². The maximum Gasteiger partial charge on any atom is 0.198 e. The van der Waals surface area contributed by atoms with Crippen LogP contribution in [-0.4, -0.2) is 21.5 Å². The number of benzene rings is 1. The molecule has 0 radical (unpaired) electrons. The van der Waals surface area contributed by atoms with Gasteiger partial charge >= 0.3 is 0 Å². The first-order valence-corrected chi connectivity index (χ1v) is 6.15. The quantitative estimate of drug-likeness (QED) is 0.862. The molecule has 5 heteroatoms. The molecule has 0 amide bonds. The number of aromatic nitrogens is 2. The molecular weight excluding hydrogens is 246 g/mol. The van der Waals surface area contributed by atoms with E-state index < -0.39 is 0 Å². The average molecular weight is 261 g/mol. The van der Waals surface area contributed by atoms with E-state index in [4.69, 9.17) is 17.0 Å². The van der Waals surface area contributed by atoms with Gasteiger partial charge in [-0.25, -0.2) is 4.68 Å². The van der Waals surface area contributed by atoms with Gasteiger partial charge in [-0.2, -0.15) is 5.10 Å². The summed E-state index contributed by atoms with van der Waals surface area (Å²) in [4.78, 5) is 0. The van der Waals surface area contributed by atoms with E-state index in [0.29, 0.717) is 11.7 Å². The van der Waals surface area contributed by atoms with Crippen LogP contribution in [0, 0.1) is 6.92 Å². The van der Waals surface area contributed by atoms with Gasteiger partial charge in [0.25, 0.3) is 0 Å². The lowest BCUT2D eigenvalue weighted by Gasteiger charge is -2.08. The molecule has 0 unspecified atom stereocenters. The minimum absolute atomic E-state index is 0.548. The molecule has 0 aliphatic rings. The molecular formula is C13H15N3OS. The highest BCUT2D eigenvalue weighted by Crippen LogP contribution is 2.15. The maximum atomic E-state index is 5.38. The molecule has 0 aliphatic carbocycles. The number of ether oxygens (including phenoxy) is 1. The van der Waals surface area contributed by atoms with Crippen molar-refractivity contribution in [3.63, 3.8) is 0 Å². The van der Waals surface area contributed by atoms with Crippen LogP contribution in [0.4, 0.5) is 5.69 Å². The number of anilines is 1. The molecule has 0 spiro atoms. The molecule has 0 fully saturated rings. The average Bonchev–Trinajstić information content (AvgIpc) is 2.79. The molecule has 1 heterocycles. The predicted molar refractivity (Wildman–Crippen MR) is 76.2 cm³/mol. The van der Waals surface area contributed by atoms with Crippen LogP contribution in [-0.2, 0) is 0 Å². The van der Waals surface area contributed by atoms with Crippen molar-refractivity contribution in [1.29, 1.82) is 0 Å². The van der Waals surface area contributed by atoms with Crippen LogP contribution in [0.1, 0.15) is 12.5 Å². The van der Waals surface area contributed by atoms with Gasteiger partial charge in [0.15, 0.2) is 5.11 Å². The van der Waals surface area contributed by atoms with Crippen LogP contribution in [0.25, 0.3) is 0 Å². The first kappa shape index (κ1) is 12.6. The lowest BCUT2D eigenvalue weighted by Crippen LogP contribution is -2.19. The van der Waals surface area contributed by atoms with Gasteiger partial charge in [-0.1, -0.05) is 0 Å². The molecule has 18 heavy (non-hydrogen) atoms. The number of hydrogen-bond acceptors (Lipinski definition) is 3. The fourth-order valence-electron chi connectivity index (χ4n) is 1.51. The lowest BCUT2D eigenvalue weighted by molar-refractivity contribution is 0.340. The van der Waals surface area contributed by atoms with E-state index in [1.807, 2.05) is 44.3 Å². The van der Waals surface area contributed by atoms with E-state index in [1.54, 1.807) is 10.9 Å². The Kier molecular flexibility index (Phi) is 3.94. The molecule has 1 aromatic carbocycles. The molecule has 4 nitrogen and oxygen atoms in total. The molecule has 94 valence electrons. The summed E-state index contributed by atoms with van der Waals surface area (Å²) in [5.41, 5.74) is 1.99. The first-order valence-electron chi connectivity index (χ1n) is 5.74. The Hall–Kier alpha value is -1.88. The van der Waals surface area contributed by atoms with Gasteiger partial charge in [-0.3, -0.25) is 0 Å². The summed E-state index contributed by atoms with van der Waals surface area (Å²) in [5.74, 6) is 0.851. The summed E-state index contributed by atoms with van der Waals surface area (Å²) < 4.78 is 7.02. The number of rotatable bonds is 3. The predicted octanol–water partition coefficient (Wildman–Crippen LogP) is 2.84. The number of nitrogens with one attached hydrogen (secondary N) is 1. The second kappa shape index (κ2) is 5.64. The van der Waals surface area contributed by atoms with Crippen molar-refractivity contribution < 1.29 is 4.74 Å². The maximum absolute atomic E-state index is 5.38. The molecule has 1 aromatic heterocycles. The zero-order valence-corrected chi connectivity index (χ0v) is 11.2. The van der Waals surface area contributed by atoms with E-state index >= 15 is 0 Å². The second-order valence-corrected chi connectivity index (χ2v) is 4.24. The molecule has 0 saturated heterocycles. The van der Waals surface area contributed by atoms with E-state index in [2.05, 4.69) is 10.4 Å². The second-order valence-electron chi connectivity index (χ2n) is 3.85. The van der Waals surface area contributed by atoms with Crippen molar-refractivity contribution in [1.82, 2.24) is 9.78 Å². The number of aryl methyl sites for hydroxylation is 1. The monoisotopic (exact) mass is 261 g/mol. The number of thiocarbonyl (C=S) groups is 1. The fraction of sp³-hybridized carbons (Fsp3) is 0.231. The third kappa shape index (κ3) is 3.07. The minimum atomic E-state index is 0.548. The highest BCUT2D eigenvalue weighted by Gasteiger charge is 2.02. The van der Waals surface area contributed by atoms with Crippen molar-refractivity contribution >= 4 is 23.0 Å². The molecule has 0 bridgehead atoms. The Morgan fingerprint density at radius 1 is 1.39 bits per heavy atom. The van der Waals surface area contributed by atoms with Crippen LogP contribution < -0.4 is 10.1 Å². The van der Waals surface area contributed by atoms with Gasteiger partial charge in [-0.05, 0) is 55.9 Å². The van der Waals surface area contributed by atoms with Crippen molar-refractivity contribution in [2.75, 3.05) is 11.9 Å². The van der Waals surface area contributed by atoms with Crippen LogP contribution in [0.3, 0.4) is 0 Å². The SMILES string of the molecule is CCOc1ccc(NC(=S)n2cc(C)cn2)cc1. The molecule has 0 saturated carbocycles. The first-order chi connectivity index (χ1) is 8.69. The van der Waals surface area contributed by atoms with Crippen LogP contribution in [0.2, 0.25) is 0 Å². The summed E-state index contributed by atoms with van der Waals surface area (Å²) in [6.45, 7) is 4.60. The zero-order chi connectivity index (χ0) is 13.0. The van der Waals surface area contributed by atoms with E-state index in [-0.39, 0.29) is 0 Å².